The largest absolute Gasteiger partial charge is 0.377 e. The van der Waals surface area contributed by atoms with E-state index >= 15 is 0 Å². The lowest BCUT2D eigenvalue weighted by molar-refractivity contribution is 0.121. The van der Waals surface area contributed by atoms with Crippen LogP contribution in [0.5, 0.6) is 0 Å². The van der Waals surface area contributed by atoms with Crippen molar-refractivity contribution in [3.63, 3.8) is 0 Å². The Hall–Kier alpha value is -0.960. The minimum atomic E-state index is 0.577. The Balaban J connectivity index is 1.78. The highest BCUT2D eigenvalue weighted by molar-refractivity contribution is 5.07. The fourth-order valence-electron chi connectivity index (χ4n) is 3.19. The third kappa shape index (κ3) is 5.39. The molecule has 1 heterocycles. The summed E-state index contributed by atoms with van der Waals surface area (Å²) in [6.45, 7) is 5.85. The van der Waals surface area contributed by atoms with Crippen LogP contribution in [0.4, 0.5) is 0 Å². The van der Waals surface area contributed by atoms with Crippen molar-refractivity contribution in [1.82, 2.24) is 9.97 Å². The van der Waals surface area contributed by atoms with Crippen molar-refractivity contribution in [3.05, 3.63) is 23.8 Å². The Morgan fingerprint density at radius 1 is 1.05 bits per heavy atom. The third-order valence-corrected chi connectivity index (χ3v) is 4.52. The maximum Gasteiger partial charge on any atom is 0.131 e. The molecule has 1 aliphatic carbocycles. The van der Waals surface area contributed by atoms with Gasteiger partial charge in [0.25, 0.3) is 0 Å². The van der Waals surface area contributed by atoms with Crippen molar-refractivity contribution in [2.24, 2.45) is 5.92 Å². The average molecular weight is 290 g/mol. The fourth-order valence-corrected chi connectivity index (χ4v) is 3.19. The van der Waals surface area contributed by atoms with Gasteiger partial charge in [-0.1, -0.05) is 33.1 Å². The molecule has 3 heteroatoms. The molecule has 0 aromatic carbocycles. The standard InChI is InChI=1S/C18H30N2O/c1-3-5-6-15-7-9-17(10-8-15)18-19-12-16(13-20-18)14-21-11-4-2/h12-13,15,17H,3-11,14H2,1-2H3. The molecular formula is C18H30N2O. The predicted octanol–water partition coefficient (Wildman–Crippen LogP) is 4.87. The lowest BCUT2D eigenvalue weighted by Gasteiger charge is -2.27. The molecule has 1 saturated carbocycles. The van der Waals surface area contributed by atoms with Crippen LogP contribution >= 0.6 is 0 Å². The van der Waals surface area contributed by atoms with E-state index in [2.05, 4.69) is 23.8 Å². The minimum Gasteiger partial charge on any atom is -0.377 e. The van der Waals surface area contributed by atoms with Crippen LogP contribution in [0, 0.1) is 5.92 Å². The van der Waals surface area contributed by atoms with E-state index in [1.807, 2.05) is 12.4 Å². The number of ether oxygens (including phenoxy) is 1. The zero-order valence-electron chi connectivity index (χ0n) is 13.7. The summed E-state index contributed by atoms with van der Waals surface area (Å²) in [4.78, 5) is 9.15. The van der Waals surface area contributed by atoms with E-state index in [0.29, 0.717) is 12.5 Å². The summed E-state index contributed by atoms with van der Waals surface area (Å²) in [5, 5.41) is 0. The van der Waals surface area contributed by atoms with E-state index in [4.69, 9.17) is 4.74 Å². The predicted molar refractivity (Wildman–Crippen MR) is 86.2 cm³/mol. The monoisotopic (exact) mass is 290 g/mol. The highest BCUT2D eigenvalue weighted by atomic mass is 16.5. The first-order chi connectivity index (χ1) is 10.3. The Morgan fingerprint density at radius 3 is 2.38 bits per heavy atom. The summed E-state index contributed by atoms with van der Waals surface area (Å²) < 4.78 is 5.53. The van der Waals surface area contributed by atoms with Crippen molar-refractivity contribution in [2.45, 2.75) is 77.7 Å². The Kier molecular flexibility index (Phi) is 7.14. The molecular weight excluding hydrogens is 260 g/mol. The zero-order chi connectivity index (χ0) is 14.9. The van der Waals surface area contributed by atoms with Gasteiger partial charge < -0.3 is 4.74 Å². The number of nitrogens with zero attached hydrogens (tertiary/aromatic N) is 2. The molecule has 0 atom stereocenters. The highest BCUT2D eigenvalue weighted by Crippen LogP contribution is 2.36. The second-order valence-electron chi connectivity index (χ2n) is 6.36. The maximum atomic E-state index is 5.53. The SMILES string of the molecule is CCCCC1CCC(c2ncc(COCCC)cn2)CC1. The van der Waals surface area contributed by atoms with Gasteiger partial charge >= 0.3 is 0 Å². The van der Waals surface area contributed by atoms with E-state index in [9.17, 15) is 0 Å². The first-order valence-corrected chi connectivity index (χ1v) is 8.72. The molecule has 0 spiro atoms. The molecule has 0 aliphatic heterocycles. The van der Waals surface area contributed by atoms with Gasteiger partial charge in [0, 0.05) is 30.5 Å². The minimum absolute atomic E-state index is 0.577. The van der Waals surface area contributed by atoms with Crippen LogP contribution in [0.3, 0.4) is 0 Å². The van der Waals surface area contributed by atoms with Gasteiger partial charge in [-0.3, -0.25) is 0 Å². The lowest BCUT2D eigenvalue weighted by Crippen LogP contribution is -2.15. The molecule has 2 rings (SSSR count). The molecule has 1 aliphatic rings. The number of aromatic nitrogens is 2. The molecule has 1 aromatic rings. The molecule has 0 bridgehead atoms. The smallest absolute Gasteiger partial charge is 0.131 e. The van der Waals surface area contributed by atoms with E-state index in [1.165, 1.54) is 44.9 Å². The number of hydrogen-bond acceptors (Lipinski definition) is 3. The van der Waals surface area contributed by atoms with Crippen molar-refractivity contribution >= 4 is 0 Å². The van der Waals surface area contributed by atoms with Crippen molar-refractivity contribution < 1.29 is 4.74 Å². The summed E-state index contributed by atoms with van der Waals surface area (Å²) in [7, 11) is 0. The normalized spacial score (nSPS) is 22.4. The fraction of sp³-hybridized carbons (Fsp3) is 0.778. The van der Waals surface area contributed by atoms with E-state index < -0.39 is 0 Å². The molecule has 118 valence electrons. The summed E-state index contributed by atoms with van der Waals surface area (Å²) in [6.07, 6.45) is 14.3. The third-order valence-electron chi connectivity index (χ3n) is 4.52. The summed E-state index contributed by atoms with van der Waals surface area (Å²) in [5.41, 5.74) is 1.09. The topological polar surface area (TPSA) is 35.0 Å². The van der Waals surface area contributed by atoms with Gasteiger partial charge in [-0.2, -0.15) is 0 Å². The van der Waals surface area contributed by atoms with Crippen LogP contribution in [0.2, 0.25) is 0 Å². The second kappa shape index (κ2) is 9.14. The molecule has 0 saturated heterocycles. The number of unbranched alkanes of at least 4 members (excludes halogenated alkanes) is 1. The zero-order valence-corrected chi connectivity index (χ0v) is 13.7. The Labute approximate surface area is 129 Å². The number of hydrogen-bond donors (Lipinski definition) is 0. The van der Waals surface area contributed by atoms with Gasteiger partial charge in [0.05, 0.1) is 6.61 Å². The van der Waals surface area contributed by atoms with Gasteiger partial charge in [-0.15, -0.1) is 0 Å². The van der Waals surface area contributed by atoms with Crippen LogP contribution in [-0.2, 0) is 11.3 Å². The molecule has 0 N–H and O–H groups in total. The first kappa shape index (κ1) is 16.4. The van der Waals surface area contributed by atoms with Crippen LogP contribution in [-0.4, -0.2) is 16.6 Å². The molecule has 21 heavy (non-hydrogen) atoms. The van der Waals surface area contributed by atoms with Crippen molar-refractivity contribution in [1.29, 1.82) is 0 Å². The lowest BCUT2D eigenvalue weighted by atomic mass is 9.79. The van der Waals surface area contributed by atoms with Crippen LogP contribution in [0.25, 0.3) is 0 Å². The second-order valence-corrected chi connectivity index (χ2v) is 6.36. The quantitative estimate of drug-likeness (QED) is 0.641. The van der Waals surface area contributed by atoms with Gasteiger partial charge in [0.2, 0.25) is 0 Å². The molecule has 0 radical (unpaired) electrons. The maximum absolute atomic E-state index is 5.53. The number of rotatable bonds is 8. The van der Waals surface area contributed by atoms with E-state index in [-0.39, 0.29) is 0 Å². The molecule has 1 aromatic heterocycles. The van der Waals surface area contributed by atoms with Crippen LogP contribution in [0.15, 0.2) is 12.4 Å². The van der Waals surface area contributed by atoms with Crippen molar-refractivity contribution in [3.8, 4) is 0 Å². The summed E-state index contributed by atoms with van der Waals surface area (Å²) in [6, 6.07) is 0. The highest BCUT2D eigenvalue weighted by Gasteiger charge is 2.23. The average Bonchev–Trinajstić information content (AvgIpc) is 2.54. The van der Waals surface area contributed by atoms with Crippen LogP contribution < -0.4 is 0 Å². The summed E-state index contributed by atoms with van der Waals surface area (Å²) in [5.74, 6) is 2.57. The Bertz CT molecular complexity index is 383. The van der Waals surface area contributed by atoms with Gasteiger partial charge in [-0.25, -0.2) is 9.97 Å². The van der Waals surface area contributed by atoms with Gasteiger partial charge in [0.1, 0.15) is 5.82 Å². The van der Waals surface area contributed by atoms with Gasteiger partial charge in [-0.05, 0) is 38.0 Å². The van der Waals surface area contributed by atoms with Gasteiger partial charge in [0.15, 0.2) is 0 Å². The first-order valence-electron chi connectivity index (χ1n) is 8.72. The van der Waals surface area contributed by atoms with Crippen LogP contribution in [0.1, 0.15) is 82.5 Å². The van der Waals surface area contributed by atoms with Crippen molar-refractivity contribution in [2.75, 3.05) is 6.61 Å². The molecule has 3 nitrogen and oxygen atoms in total. The molecule has 0 unspecified atom stereocenters. The van der Waals surface area contributed by atoms with E-state index in [0.717, 1.165) is 30.3 Å². The Morgan fingerprint density at radius 2 is 1.76 bits per heavy atom. The molecule has 1 fully saturated rings. The van der Waals surface area contributed by atoms with E-state index in [1.54, 1.807) is 0 Å². The summed E-state index contributed by atoms with van der Waals surface area (Å²) >= 11 is 0. The molecule has 0 amide bonds.